The van der Waals surface area contributed by atoms with Gasteiger partial charge < -0.3 is 10.1 Å². The number of nitrogens with one attached hydrogen (secondary N) is 1. The van der Waals surface area contributed by atoms with Crippen molar-refractivity contribution < 1.29 is 22.7 Å². The van der Waals surface area contributed by atoms with E-state index in [0.29, 0.717) is 21.7 Å². The van der Waals surface area contributed by atoms with E-state index in [9.17, 15) is 18.0 Å². The molecule has 0 saturated carbocycles. The Bertz CT molecular complexity index is 1270. The molecule has 4 rings (SSSR count). The number of methoxy groups -OCH3 is 1. The molecule has 0 atom stereocenters. The normalized spacial score (nSPS) is 11.5. The third-order valence-corrected chi connectivity index (χ3v) is 5.06. The van der Waals surface area contributed by atoms with Crippen LogP contribution in [0.3, 0.4) is 0 Å². The number of hydrogen-bond donors (Lipinski definition) is 1. The third kappa shape index (κ3) is 4.06. The second-order valence-electron chi connectivity index (χ2n) is 6.66. The maximum Gasteiger partial charge on any atom is 0.420 e. The molecule has 158 valence electrons. The van der Waals surface area contributed by atoms with Crippen molar-refractivity contribution >= 4 is 34.2 Å². The highest BCUT2D eigenvalue weighted by Crippen LogP contribution is 2.39. The van der Waals surface area contributed by atoms with E-state index in [2.05, 4.69) is 10.3 Å². The van der Waals surface area contributed by atoms with Crippen molar-refractivity contribution in [1.82, 2.24) is 9.55 Å². The summed E-state index contributed by atoms with van der Waals surface area (Å²) in [6.45, 7) is 0. The first-order valence-corrected chi connectivity index (χ1v) is 9.43. The van der Waals surface area contributed by atoms with Crippen molar-refractivity contribution in [2.24, 2.45) is 0 Å². The summed E-state index contributed by atoms with van der Waals surface area (Å²) in [6.07, 6.45) is 0.0418. The Hall–Kier alpha value is -3.52. The van der Waals surface area contributed by atoms with Crippen molar-refractivity contribution in [3.63, 3.8) is 0 Å². The van der Waals surface area contributed by atoms with Crippen molar-refractivity contribution in [3.8, 4) is 16.9 Å². The van der Waals surface area contributed by atoms with Crippen molar-refractivity contribution in [2.75, 3.05) is 12.4 Å². The average Bonchev–Trinajstić information content (AvgIpc) is 3.17. The number of fused-ring (bicyclic) bond motifs is 1. The Kier molecular flexibility index (Phi) is 5.32. The van der Waals surface area contributed by atoms with Crippen LogP contribution in [0.25, 0.3) is 22.0 Å². The number of benzene rings is 2. The van der Waals surface area contributed by atoms with Gasteiger partial charge in [0.25, 0.3) is 0 Å². The Labute approximate surface area is 180 Å². The van der Waals surface area contributed by atoms with Crippen LogP contribution in [-0.4, -0.2) is 22.7 Å². The molecule has 0 fully saturated rings. The highest BCUT2D eigenvalue weighted by molar-refractivity contribution is 6.33. The zero-order chi connectivity index (χ0) is 22.2. The van der Waals surface area contributed by atoms with Crippen LogP contribution in [-0.2, 0) is 6.18 Å². The van der Waals surface area contributed by atoms with Crippen LogP contribution in [0.4, 0.5) is 23.7 Å². The molecule has 0 unspecified atom stereocenters. The minimum absolute atomic E-state index is 0.104. The smallest absolute Gasteiger partial charge is 0.420 e. The molecule has 5 nitrogen and oxygen atoms in total. The molecule has 2 aromatic heterocycles. The predicted molar refractivity (Wildman–Crippen MR) is 113 cm³/mol. The monoisotopic (exact) mass is 445 g/mol. The summed E-state index contributed by atoms with van der Waals surface area (Å²) < 4.78 is 46.1. The van der Waals surface area contributed by atoms with Crippen molar-refractivity contribution in [3.05, 3.63) is 77.7 Å². The van der Waals surface area contributed by atoms with Gasteiger partial charge in [-0.15, -0.1) is 0 Å². The first-order chi connectivity index (χ1) is 14.8. The molecule has 0 spiro atoms. The summed E-state index contributed by atoms with van der Waals surface area (Å²) in [5, 5.41) is 3.60. The topological polar surface area (TPSA) is 56.1 Å². The number of alkyl halides is 3. The molecular weight excluding hydrogens is 431 g/mol. The van der Waals surface area contributed by atoms with Crippen LogP contribution in [0.15, 0.2) is 67.1 Å². The van der Waals surface area contributed by atoms with E-state index in [-0.39, 0.29) is 11.3 Å². The first kappa shape index (κ1) is 20.7. The largest absolute Gasteiger partial charge is 0.496 e. The number of amides is 1. The van der Waals surface area contributed by atoms with Gasteiger partial charge in [0.1, 0.15) is 5.75 Å². The number of anilines is 1. The molecule has 2 heterocycles. The van der Waals surface area contributed by atoms with Crippen LogP contribution in [0.1, 0.15) is 5.56 Å². The first-order valence-electron chi connectivity index (χ1n) is 9.05. The molecule has 4 aromatic rings. The van der Waals surface area contributed by atoms with Gasteiger partial charge in [0.05, 0.1) is 18.2 Å². The molecule has 1 N–H and O–H groups in total. The van der Waals surface area contributed by atoms with Gasteiger partial charge in [0, 0.05) is 45.8 Å². The van der Waals surface area contributed by atoms with Crippen LogP contribution in [0.2, 0.25) is 5.02 Å². The fourth-order valence-electron chi connectivity index (χ4n) is 3.26. The number of rotatable bonds is 3. The van der Waals surface area contributed by atoms with Gasteiger partial charge in [-0.1, -0.05) is 17.7 Å². The number of hydrogen-bond acceptors (Lipinski definition) is 3. The quantitative estimate of drug-likeness (QED) is 0.393. The highest BCUT2D eigenvalue weighted by Gasteiger charge is 2.35. The number of carbonyl (C=O) groups is 1. The minimum atomic E-state index is -4.63. The van der Waals surface area contributed by atoms with E-state index in [4.69, 9.17) is 16.3 Å². The fraction of sp³-hybridized carbons (Fsp3) is 0.0909. The lowest BCUT2D eigenvalue weighted by atomic mass is 10.1. The van der Waals surface area contributed by atoms with Crippen molar-refractivity contribution in [1.29, 1.82) is 0 Å². The highest BCUT2D eigenvalue weighted by atomic mass is 35.5. The van der Waals surface area contributed by atoms with E-state index in [1.165, 1.54) is 19.4 Å². The third-order valence-electron chi connectivity index (χ3n) is 4.73. The molecule has 0 bridgehead atoms. The molecule has 31 heavy (non-hydrogen) atoms. The summed E-state index contributed by atoms with van der Waals surface area (Å²) in [6, 6.07) is 11.6. The molecule has 0 radical (unpaired) electrons. The SMILES string of the molecule is COc1cc2ccn(C(=O)Nc3ccc(Cl)c(-c4cccnc4)c3)c2cc1C(F)(F)F. The Morgan fingerprint density at radius 3 is 2.65 bits per heavy atom. The predicted octanol–water partition coefficient (Wildman–Crippen LogP) is 6.46. The van der Waals surface area contributed by atoms with Gasteiger partial charge >= 0.3 is 12.2 Å². The molecule has 0 aliphatic carbocycles. The Balaban J connectivity index is 1.70. The molecule has 0 saturated heterocycles. The molecule has 0 aliphatic rings. The summed E-state index contributed by atoms with van der Waals surface area (Å²) in [5.41, 5.74) is 0.998. The minimum Gasteiger partial charge on any atom is -0.496 e. The van der Waals surface area contributed by atoms with E-state index in [1.807, 2.05) is 6.07 Å². The summed E-state index contributed by atoms with van der Waals surface area (Å²) >= 11 is 6.27. The number of ether oxygens (including phenoxy) is 1. The maximum atomic E-state index is 13.4. The summed E-state index contributed by atoms with van der Waals surface area (Å²) in [5.74, 6) is -0.308. The fourth-order valence-corrected chi connectivity index (χ4v) is 3.49. The number of pyridine rings is 1. The van der Waals surface area contributed by atoms with Gasteiger partial charge in [0.2, 0.25) is 0 Å². The molecule has 1 amide bonds. The van der Waals surface area contributed by atoms with Crippen molar-refractivity contribution in [2.45, 2.75) is 6.18 Å². The maximum absolute atomic E-state index is 13.4. The van der Waals surface area contributed by atoms with E-state index in [0.717, 1.165) is 16.2 Å². The van der Waals surface area contributed by atoms with Gasteiger partial charge in [-0.25, -0.2) is 4.79 Å². The standard InChI is InChI=1S/C22H15ClF3N3O2/c1-31-20-9-13-6-8-29(19(13)11-17(20)22(24,25)26)21(30)28-15-4-5-18(23)16(10-15)14-3-2-7-27-12-14/h2-12H,1H3,(H,28,30). The van der Waals surface area contributed by atoms with E-state index in [1.54, 1.807) is 42.7 Å². The lowest BCUT2D eigenvalue weighted by Crippen LogP contribution is -2.18. The van der Waals surface area contributed by atoms with Crippen LogP contribution in [0, 0.1) is 0 Å². The van der Waals surface area contributed by atoms with Crippen LogP contribution >= 0.6 is 11.6 Å². The van der Waals surface area contributed by atoms with Crippen LogP contribution < -0.4 is 10.1 Å². The average molecular weight is 446 g/mol. The number of carbonyl (C=O) groups excluding carboxylic acids is 1. The zero-order valence-corrected chi connectivity index (χ0v) is 16.8. The van der Waals surface area contributed by atoms with E-state index < -0.39 is 17.8 Å². The van der Waals surface area contributed by atoms with Crippen LogP contribution in [0.5, 0.6) is 5.75 Å². The van der Waals surface area contributed by atoms with Gasteiger partial charge in [-0.05, 0) is 42.5 Å². The lowest BCUT2D eigenvalue weighted by Gasteiger charge is -2.14. The second kappa shape index (κ2) is 7.96. The zero-order valence-electron chi connectivity index (χ0n) is 16.1. The van der Waals surface area contributed by atoms with Gasteiger partial charge in [-0.2, -0.15) is 13.2 Å². The van der Waals surface area contributed by atoms with E-state index >= 15 is 0 Å². The Morgan fingerprint density at radius 2 is 1.97 bits per heavy atom. The molecule has 9 heteroatoms. The lowest BCUT2D eigenvalue weighted by molar-refractivity contribution is -0.138. The Morgan fingerprint density at radius 1 is 1.16 bits per heavy atom. The van der Waals surface area contributed by atoms with Gasteiger partial charge in [0.15, 0.2) is 0 Å². The summed E-state index contributed by atoms with van der Waals surface area (Å²) in [4.78, 5) is 16.9. The molecule has 2 aromatic carbocycles. The second-order valence-corrected chi connectivity index (χ2v) is 7.07. The molecular formula is C22H15ClF3N3O2. The number of aromatic nitrogens is 2. The summed E-state index contributed by atoms with van der Waals surface area (Å²) in [7, 11) is 1.17. The number of halogens is 4. The number of nitrogens with zero attached hydrogens (tertiary/aromatic N) is 2. The van der Waals surface area contributed by atoms with Gasteiger partial charge in [-0.3, -0.25) is 9.55 Å². The molecule has 0 aliphatic heterocycles.